The summed E-state index contributed by atoms with van der Waals surface area (Å²) >= 11 is 0. The van der Waals surface area contributed by atoms with Gasteiger partial charge in [-0.05, 0) is 25.0 Å². The number of unbranched alkanes of at least 4 members (excludes halogenated alkanes) is 1. The first-order valence-electron chi connectivity index (χ1n) is 4.54. The second-order valence-corrected chi connectivity index (χ2v) is 3.18. The van der Waals surface area contributed by atoms with Gasteiger partial charge in [0.05, 0.1) is 0 Å². The molecule has 1 rings (SSSR count). The average molecular weight is 181 g/mol. The van der Waals surface area contributed by atoms with Gasteiger partial charge in [0.15, 0.2) is 0 Å². The van der Waals surface area contributed by atoms with Gasteiger partial charge in [0.1, 0.15) is 5.69 Å². The average Bonchev–Trinajstić information content (AvgIpc) is 2.43. The molecule has 1 aromatic heterocycles. The highest BCUT2D eigenvalue weighted by atomic mass is 16.4. The lowest BCUT2D eigenvalue weighted by Gasteiger charge is -2.03. The van der Waals surface area contributed by atoms with Crippen molar-refractivity contribution in [2.45, 2.75) is 26.2 Å². The van der Waals surface area contributed by atoms with Crippen LogP contribution in [-0.4, -0.2) is 15.6 Å². The van der Waals surface area contributed by atoms with Gasteiger partial charge in [0, 0.05) is 12.7 Å². The van der Waals surface area contributed by atoms with E-state index < -0.39 is 5.97 Å². The molecule has 3 heteroatoms. The summed E-state index contributed by atoms with van der Waals surface area (Å²) in [6.45, 7) is 2.13. The molecule has 13 heavy (non-hydrogen) atoms. The van der Waals surface area contributed by atoms with Crippen molar-refractivity contribution < 1.29 is 9.90 Å². The minimum Gasteiger partial charge on any atom is -0.477 e. The van der Waals surface area contributed by atoms with Crippen LogP contribution in [0.15, 0.2) is 12.1 Å². The number of nitrogens with zero attached hydrogens (tertiary/aromatic N) is 1. The summed E-state index contributed by atoms with van der Waals surface area (Å²) < 4.78 is 1.75. The summed E-state index contributed by atoms with van der Waals surface area (Å²) in [5.74, 6) is -0.856. The Kier molecular flexibility index (Phi) is 3.12. The molecule has 1 N–H and O–H groups in total. The number of rotatable bonds is 4. The number of aromatic carboxylic acids is 1. The largest absolute Gasteiger partial charge is 0.477 e. The highest BCUT2D eigenvalue weighted by Gasteiger charge is 2.09. The summed E-state index contributed by atoms with van der Waals surface area (Å²) in [4.78, 5) is 10.7. The van der Waals surface area contributed by atoms with Gasteiger partial charge < -0.3 is 9.67 Å². The highest BCUT2D eigenvalue weighted by molar-refractivity contribution is 5.86. The Morgan fingerprint density at radius 2 is 2.23 bits per heavy atom. The topological polar surface area (TPSA) is 42.2 Å². The Morgan fingerprint density at radius 3 is 2.69 bits per heavy atom. The zero-order chi connectivity index (χ0) is 9.84. The van der Waals surface area contributed by atoms with Crippen LogP contribution in [0.3, 0.4) is 0 Å². The normalized spacial score (nSPS) is 10.3. The third-order valence-electron chi connectivity index (χ3n) is 2.23. The number of aromatic nitrogens is 1. The lowest BCUT2D eigenvalue weighted by atomic mass is 10.2. The molecule has 0 atom stereocenters. The lowest BCUT2D eigenvalue weighted by Crippen LogP contribution is -2.06. The zero-order valence-corrected chi connectivity index (χ0v) is 8.08. The molecular formula is C10H15NO2. The summed E-state index contributed by atoms with van der Waals surface area (Å²) in [7, 11) is 1.80. The van der Waals surface area contributed by atoms with E-state index in [1.54, 1.807) is 17.7 Å². The van der Waals surface area contributed by atoms with Crippen molar-refractivity contribution in [3.8, 4) is 0 Å². The molecule has 0 bridgehead atoms. The first-order chi connectivity index (χ1) is 6.16. The molecular weight excluding hydrogens is 166 g/mol. The molecule has 1 aromatic rings. The van der Waals surface area contributed by atoms with Crippen LogP contribution in [0.5, 0.6) is 0 Å². The number of hydrogen-bond donors (Lipinski definition) is 1. The van der Waals surface area contributed by atoms with Gasteiger partial charge in [-0.3, -0.25) is 0 Å². The van der Waals surface area contributed by atoms with Crippen LogP contribution in [0, 0.1) is 0 Å². The second kappa shape index (κ2) is 4.12. The highest BCUT2D eigenvalue weighted by Crippen LogP contribution is 2.10. The quantitative estimate of drug-likeness (QED) is 0.772. The molecule has 0 aromatic carbocycles. The van der Waals surface area contributed by atoms with E-state index in [-0.39, 0.29) is 0 Å². The predicted octanol–water partition coefficient (Wildman–Crippen LogP) is 2.07. The van der Waals surface area contributed by atoms with Gasteiger partial charge in [-0.1, -0.05) is 13.3 Å². The molecule has 1 heterocycles. The summed E-state index contributed by atoms with van der Waals surface area (Å²) in [6.07, 6.45) is 3.20. The maximum absolute atomic E-state index is 10.7. The molecule has 0 aliphatic carbocycles. The summed E-state index contributed by atoms with van der Waals surface area (Å²) in [5, 5.41) is 8.78. The van der Waals surface area contributed by atoms with Crippen LogP contribution in [0.4, 0.5) is 0 Å². The molecule has 0 saturated carbocycles. The van der Waals surface area contributed by atoms with Crippen LogP contribution in [0.25, 0.3) is 0 Å². The molecule has 0 aliphatic heterocycles. The standard InChI is InChI=1S/C10H15NO2/c1-3-4-5-8-6-7-9(10(12)13)11(8)2/h6-7H,3-5H2,1-2H3,(H,12,13). The van der Waals surface area contributed by atoms with Crippen molar-refractivity contribution >= 4 is 5.97 Å². The minimum atomic E-state index is -0.856. The van der Waals surface area contributed by atoms with Crippen molar-refractivity contribution in [2.75, 3.05) is 0 Å². The Morgan fingerprint density at radius 1 is 1.54 bits per heavy atom. The molecule has 0 unspecified atom stereocenters. The SMILES string of the molecule is CCCCc1ccc(C(=O)O)n1C. The fourth-order valence-electron chi connectivity index (χ4n) is 1.38. The van der Waals surface area contributed by atoms with Crippen LogP contribution in [-0.2, 0) is 13.5 Å². The van der Waals surface area contributed by atoms with Crippen LogP contribution >= 0.6 is 0 Å². The maximum Gasteiger partial charge on any atom is 0.352 e. The van der Waals surface area contributed by atoms with Gasteiger partial charge >= 0.3 is 5.97 Å². The van der Waals surface area contributed by atoms with E-state index in [0.29, 0.717) is 5.69 Å². The summed E-state index contributed by atoms with van der Waals surface area (Å²) in [6, 6.07) is 3.55. The number of aryl methyl sites for hydroxylation is 1. The van der Waals surface area contributed by atoms with Gasteiger partial charge in [0.25, 0.3) is 0 Å². The van der Waals surface area contributed by atoms with Gasteiger partial charge in [0.2, 0.25) is 0 Å². The molecule has 72 valence electrons. The van der Waals surface area contributed by atoms with Crippen molar-refractivity contribution in [3.63, 3.8) is 0 Å². The fraction of sp³-hybridized carbons (Fsp3) is 0.500. The maximum atomic E-state index is 10.7. The Hall–Kier alpha value is -1.25. The number of hydrogen-bond acceptors (Lipinski definition) is 1. The summed E-state index contributed by atoms with van der Waals surface area (Å²) in [5.41, 5.74) is 1.46. The Labute approximate surface area is 78.0 Å². The zero-order valence-electron chi connectivity index (χ0n) is 8.08. The second-order valence-electron chi connectivity index (χ2n) is 3.18. The molecule has 0 aliphatic rings. The van der Waals surface area contributed by atoms with Crippen molar-refractivity contribution in [1.29, 1.82) is 0 Å². The van der Waals surface area contributed by atoms with E-state index in [1.807, 2.05) is 6.07 Å². The first kappa shape index (κ1) is 9.84. The third kappa shape index (κ3) is 2.11. The smallest absolute Gasteiger partial charge is 0.352 e. The van der Waals surface area contributed by atoms with E-state index in [1.165, 1.54) is 0 Å². The van der Waals surface area contributed by atoms with Crippen molar-refractivity contribution in [3.05, 3.63) is 23.5 Å². The lowest BCUT2D eigenvalue weighted by molar-refractivity contribution is 0.0686. The molecule has 3 nitrogen and oxygen atoms in total. The van der Waals surface area contributed by atoms with Crippen molar-refractivity contribution in [1.82, 2.24) is 4.57 Å². The molecule has 0 saturated heterocycles. The minimum absolute atomic E-state index is 0.367. The first-order valence-corrected chi connectivity index (χ1v) is 4.54. The van der Waals surface area contributed by atoms with E-state index in [4.69, 9.17) is 5.11 Å². The monoisotopic (exact) mass is 181 g/mol. The number of carboxylic acids is 1. The van der Waals surface area contributed by atoms with Gasteiger partial charge in [-0.25, -0.2) is 4.79 Å². The van der Waals surface area contributed by atoms with Gasteiger partial charge in [-0.15, -0.1) is 0 Å². The molecule has 0 fully saturated rings. The van der Waals surface area contributed by atoms with Crippen LogP contribution in [0.2, 0.25) is 0 Å². The van der Waals surface area contributed by atoms with Crippen molar-refractivity contribution in [2.24, 2.45) is 7.05 Å². The van der Waals surface area contributed by atoms with Gasteiger partial charge in [-0.2, -0.15) is 0 Å². The van der Waals surface area contributed by atoms with Crippen LogP contribution in [0.1, 0.15) is 35.9 Å². The molecule has 0 radical (unpaired) electrons. The Balaban J connectivity index is 2.80. The fourth-order valence-corrected chi connectivity index (χ4v) is 1.38. The molecule has 0 amide bonds. The molecule has 0 spiro atoms. The third-order valence-corrected chi connectivity index (χ3v) is 2.23. The van der Waals surface area contributed by atoms with E-state index in [9.17, 15) is 4.79 Å². The number of carboxylic acid groups (broad SMARTS) is 1. The van der Waals surface area contributed by atoms with Crippen LogP contribution < -0.4 is 0 Å². The van der Waals surface area contributed by atoms with E-state index >= 15 is 0 Å². The Bertz CT molecular complexity index is 302. The number of carbonyl (C=O) groups is 1. The van der Waals surface area contributed by atoms with E-state index in [0.717, 1.165) is 25.0 Å². The predicted molar refractivity (Wildman–Crippen MR) is 51.0 cm³/mol. The van der Waals surface area contributed by atoms with E-state index in [2.05, 4.69) is 6.92 Å².